The molecule has 0 radical (unpaired) electrons. The molecule has 0 saturated heterocycles. The quantitative estimate of drug-likeness (QED) is 0.762. The van der Waals surface area contributed by atoms with Gasteiger partial charge in [0.25, 0.3) is 5.96 Å². The smallest absolute Gasteiger partial charge is 0.341 e. The molecule has 136 valence electrons. The van der Waals surface area contributed by atoms with Crippen LogP contribution in [0, 0.1) is 0 Å². The predicted octanol–water partition coefficient (Wildman–Crippen LogP) is 2.85. The summed E-state index contributed by atoms with van der Waals surface area (Å²) < 4.78 is 6.22. The molecular formula is C18H14BrN5O3. The van der Waals surface area contributed by atoms with E-state index < -0.39 is 12.6 Å². The van der Waals surface area contributed by atoms with Crippen molar-refractivity contribution >= 4 is 45.6 Å². The Hall–Kier alpha value is -3.33. The number of nitrogens with one attached hydrogen (secondary N) is 1. The van der Waals surface area contributed by atoms with Crippen LogP contribution in [0.25, 0.3) is 5.70 Å². The summed E-state index contributed by atoms with van der Waals surface area (Å²) in [7, 11) is 0. The number of aliphatic imine (C=N–C) groups is 1. The Kier molecular flexibility index (Phi) is 4.51. The Balaban J connectivity index is 1.69. The molecule has 27 heavy (non-hydrogen) atoms. The van der Waals surface area contributed by atoms with E-state index in [1.807, 2.05) is 30.3 Å². The SMILES string of the molecule is O=C(O)COc1ccc(Br)cc1N1N=CN2NC=C(c3ccccc3)N=C21. The summed E-state index contributed by atoms with van der Waals surface area (Å²) in [6, 6.07) is 15.0. The average Bonchev–Trinajstić information content (AvgIpc) is 3.10. The molecule has 0 bridgehead atoms. The van der Waals surface area contributed by atoms with Crippen LogP contribution in [0.1, 0.15) is 5.56 Å². The minimum absolute atomic E-state index is 0.387. The number of hydrazone groups is 1. The molecule has 2 N–H and O–H groups in total. The molecule has 0 amide bonds. The summed E-state index contributed by atoms with van der Waals surface area (Å²) >= 11 is 3.43. The molecule has 2 aromatic carbocycles. The van der Waals surface area contributed by atoms with Gasteiger partial charge < -0.3 is 9.84 Å². The fourth-order valence-corrected chi connectivity index (χ4v) is 2.96. The number of carboxylic acids is 1. The lowest BCUT2D eigenvalue weighted by molar-refractivity contribution is -0.139. The van der Waals surface area contributed by atoms with Crippen molar-refractivity contribution in [3.05, 3.63) is 64.8 Å². The standard InChI is InChI=1S/C18H14BrN5O3/c19-13-6-7-16(27-10-17(25)26)15(8-13)24-18-22-14(9-20-23(18)11-21-24)12-4-2-1-3-5-12/h1-9,11,20H,10H2,(H,25,26). The van der Waals surface area contributed by atoms with E-state index in [9.17, 15) is 4.79 Å². The van der Waals surface area contributed by atoms with Crippen LogP contribution in [-0.4, -0.2) is 35.0 Å². The van der Waals surface area contributed by atoms with E-state index in [0.29, 0.717) is 17.4 Å². The second-order valence-electron chi connectivity index (χ2n) is 5.64. The fourth-order valence-electron chi connectivity index (χ4n) is 2.62. The number of aliphatic carboxylic acids is 1. The lowest BCUT2D eigenvalue weighted by Crippen LogP contribution is -2.43. The van der Waals surface area contributed by atoms with Gasteiger partial charge in [-0.1, -0.05) is 46.3 Å². The molecule has 2 aliphatic rings. The molecule has 0 spiro atoms. The van der Waals surface area contributed by atoms with Gasteiger partial charge in [-0.2, -0.15) is 10.1 Å². The molecule has 4 rings (SSSR count). The largest absolute Gasteiger partial charge is 0.480 e. The topological polar surface area (TPSA) is 89.8 Å². The number of hydrogen-bond donors (Lipinski definition) is 2. The summed E-state index contributed by atoms with van der Waals surface area (Å²) in [4.78, 5) is 15.6. The highest BCUT2D eigenvalue weighted by atomic mass is 79.9. The molecule has 9 heteroatoms. The van der Waals surface area contributed by atoms with E-state index in [1.165, 1.54) is 0 Å². The Morgan fingerprint density at radius 1 is 1.22 bits per heavy atom. The van der Waals surface area contributed by atoms with Crippen molar-refractivity contribution in [3.63, 3.8) is 0 Å². The van der Waals surface area contributed by atoms with Crippen LogP contribution in [0.2, 0.25) is 0 Å². The second kappa shape index (κ2) is 7.12. The normalized spacial score (nSPS) is 15.0. The molecule has 2 heterocycles. The maximum absolute atomic E-state index is 10.9. The molecule has 0 atom stereocenters. The van der Waals surface area contributed by atoms with Gasteiger partial charge in [0.2, 0.25) is 0 Å². The summed E-state index contributed by atoms with van der Waals surface area (Å²) in [5.41, 5.74) is 5.39. The molecule has 0 aromatic heterocycles. The lowest BCUT2D eigenvalue weighted by Gasteiger charge is -2.25. The number of carboxylic acid groups (broad SMARTS) is 1. The van der Waals surface area contributed by atoms with E-state index >= 15 is 0 Å². The number of nitrogens with zero attached hydrogens (tertiary/aromatic N) is 4. The predicted molar refractivity (Wildman–Crippen MR) is 105 cm³/mol. The van der Waals surface area contributed by atoms with Crippen LogP contribution in [0.5, 0.6) is 5.75 Å². The fraction of sp³-hybridized carbons (Fsp3) is 0.0556. The van der Waals surface area contributed by atoms with Crippen molar-refractivity contribution in [2.45, 2.75) is 0 Å². The Bertz CT molecular complexity index is 974. The Morgan fingerprint density at radius 3 is 2.81 bits per heavy atom. The van der Waals surface area contributed by atoms with Crippen molar-refractivity contribution in [2.24, 2.45) is 10.1 Å². The number of hydrogen-bond acceptors (Lipinski definition) is 7. The summed E-state index contributed by atoms with van der Waals surface area (Å²) in [5, 5.41) is 16.5. The first-order chi connectivity index (χ1) is 13.1. The van der Waals surface area contributed by atoms with E-state index in [4.69, 9.17) is 14.8 Å². The number of rotatable bonds is 5. The van der Waals surface area contributed by atoms with Gasteiger partial charge in [-0.05, 0) is 18.2 Å². The van der Waals surface area contributed by atoms with Crippen LogP contribution in [-0.2, 0) is 4.79 Å². The minimum atomic E-state index is -1.05. The maximum Gasteiger partial charge on any atom is 0.341 e. The molecular weight excluding hydrogens is 414 g/mol. The molecule has 0 aliphatic carbocycles. The van der Waals surface area contributed by atoms with Gasteiger partial charge in [-0.3, -0.25) is 5.43 Å². The number of ether oxygens (including phenoxy) is 1. The molecule has 0 saturated carbocycles. The summed E-state index contributed by atoms with van der Waals surface area (Å²) in [6.45, 7) is -0.449. The zero-order valence-electron chi connectivity index (χ0n) is 13.9. The number of anilines is 1. The van der Waals surface area contributed by atoms with Crippen molar-refractivity contribution < 1.29 is 14.6 Å². The number of benzene rings is 2. The molecule has 2 aliphatic heterocycles. The van der Waals surface area contributed by atoms with Crippen LogP contribution in [0.4, 0.5) is 5.69 Å². The third kappa shape index (κ3) is 3.49. The first kappa shape index (κ1) is 17.1. The van der Waals surface area contributed by atoms with Crippen molar-refractivity contribution in [2.75, 3.05) is 11.6 Å². The van der Waals surface area contributed by atoms with E-state index in [-0.39, 0.29) is 0 Å². The van der Waals surface area contributed by atoms with Crippen molar-refractivity contribution in [1.29, 1.82) is 0 Å². The third-order valence-electron chi connectivity index (χ3n) is 3.82. The Morgan fingerprint density at radius 2 is 2.04 bits per heavy atom. The van der Waals surface area contributed by atoms with Crippen molar-refractivity contribution in [3.8, 4) is 5.75 Å². The summed E-state index contributed by atoms with van der Waals surface area (Å²) in [5.74, 6) is -0.144. The van der Waals surface area contributed by atoms with E-state index in [1.54, 1.807) is 40.8 Å². The highest BCUT2D eigenvalue weighted by Crippen LogP contribution is 2.34. The van der Waals surface area contributed by atoms with E-state index in [2.05, 4.69) is 26.5 Å². The second-order valence-corrected chi connectivity index (χ2v) is 6.56. The summed E-state index contributed by atoms with van der Waals surface area (Å²) in [6.07, 6.45) is 3.37. The third-order valence-corrected chi connectivity index (χ3v) is 4.31. The first-order valence-corrected chi connectivity index (χ1v) is 8.79. The van der Waals surface area contributed by atoms with Crippen LogP contribution in [0.15, 0.2) is 69.3 Å². The molecule has 0 unspecified atom stereocenters. The van der Waals surface area contributed by atoms with Crippen LogP contribution in [0.3, 0.4) is 0 Å². The van der Waals surface area contributed by atoms with Crippen molar-refractivity contribution in [1.82, 2.24) is 10.4 Å². The van der Waals surface area contributed by atoms with Gasteiger partial charge in [-0.15, -0.1) is 0 Å². The Labute approximate surface area is 163 Å². The first-order valence-electron chi connectivity index (χ1n) is 8.00. The molecule has 0 fully saturated rings. The number of fused-ring (bicyclic) bond motifs is 1. The maximum atomic E-state index is 10.9. The number of carbonyl (C=O) groups is 1. The average molecular weight is 428 g/mol. The van der Waals surface area contributed by atoms with Crippen LogP contribution >= 0.6 is 15.9 Å². The lowest BCUT2D eigenvalue weighted by atomic mass is 10.2. The molecule has 2 aromatic rings. The molecule has 8 nitrogen and oxygen atoms in total. The van der Waals surface area contributed by atoms with Gasteiger partial charge in [0, 0.05) is 16.2 Å². The monoisotopic (exact) mass is 427 g/mol. The van der Waals surface area contributed by atoms with Gasteiger partial charge in [0.15, 0.2) is 6.61 Å². The minimum Gasteiger partial charge on any atom is -0.480 e. The van der Waals surface area contributed by atoms with Gasteiger partial charge in [0.1, 0.15) is 17.8 Å². The van der Waals surface area contributed by atoms with Gasteiger partial charge >= 0.3 is 5.97 Å². The number of halogens is 1. The van der Waals surface area contributed by atoms with Gasteiger partial charge in [0.05, 0.1) is 5.70 Å². The van der Waals surface area contributed by atoms with Crippen LogP contribution < -0.4 is 15.2 Å². The zero-order chi connectivity index (χ0) is 18.8. The zero-order valence-corrected chi connectivity index (χ0v) is 15.5. The highest BCUT2D eigenvalue weighted by molar-refractivity contribution is 9.10. The number of hydrazine groups is 1. The van der Waals surface area contributed by atoms with E-state index in [0.717, 1.165) is 15.7 Å². The number of guanidine groups is 1. The van der Waals surface area contributed by atoms with Gasteiger partial charge in [-0.25, -0.2) is 14.8 Å². The highest BCUT2D eigenvalue weighted by Gasteiger charge is 2.30.